The van der Waals surface area contributed by atoms with Crippen LogP contribution in [0.5, 0.6) is 0 Å². The molecule has 0 aliphatic carbocycles. The highest BCUT2D eigenvalue weighted by Crippen LogP contribution is 2.24. The molecule has 0 radical (unpaired) electrons. The van der Waals surface area contributed by atoms with Crippen LogP contribution in [-0.4, -0.2) is 26.6 Å². The van der Waals surface area contributed by atoms with Gasteiger partial charge in [0.05, 0.1) is 11.9 Å². The fraction of sp³-hybridized carbons (Fsp3) is 0.409. The number of nitrogens with zero attached hydrogens (tertiary/aromatic N) is 1. The molecule has 0 heterocycles. The fourth-order valence-electron chi connectivity index (χ4n) is 3.05. The van der Waals surface area contributed by atoms with E-state index in [4.69, 9.17) is 0 Å². The molecule has 1 amide bonds. The smallest absolute Gasteiger partial charge is 0.247 e. The van der Waals surface area contributed by atoms with Crippen molar-refractivity contribution >= 4 is 27.3 Å². The van der Waals surface area contributed by atoms with E-state index >= 15 is 0 Å². The largest absolute Gasteiger partial charge is 0.324 e. The van der Waals surface area contributed by atoms with Crippen LogP contribution in [0.1, 0.15) is 43.4 Å². The summed E-state index contributed by atoms with van der Waals surface area (Å²) >= 11 is 0. The van der Waals surface area contributed by atoms with Gasteiger partial charge >= 0.3 is 0 Å². The first-order valence-electron chi connectivity index (χ1n) is 9.60. The van der Waals surface area contributed by atoms with Gasteiger partial charge in [-0.05, 0) is 74.6 Å². The molecule has 0 spiro atoms. The summed E-state index contributed by atoms with van der Waals surface area (Å²) in [6.07, 6.45) is 4.39. The summed E-state index contributed by atoms with van der Waals surface area (Å²) in [5.41, 5.74) is 4.41. The Morgan fingerprint density at radius 3 is 2.25 bits per heavy atom. The molecular formula is C22H30N2O3S. The van der Waals surface area contributed by atoms with E-state index in [1.165, 1.54) is 9.87 Å². The van der Waals surface area contributed by atoms with Crippen LogP contribution in [0.15, 0.2) is 42.5 Å². The predicted octanol–water partition coefficient (Wildman–Crippen LogP) is 4.44. The maximum atomic E-state index is 12.8. The molecule has 0 aromatic heterocycles. The highest BCUT2D eigenvalue weighted by atomic mass is 32.2. The van der Waals surface area contributed by atoms with Crippen molar-refractivity contribution in [1.82, 2.24) is 0 Å². The van der Waals surface area contributed by atoms with Crippen molar-refractivity contribution < 1.29 is 13.2 Å². The van der Waals surface area contributed by atoms with Crippen molar-refractivity contribution in [1.29, 1.82) is 0 Å². The maximum absolute atomic E-state index is 12.8. The normalized spacial score (nSPS) is 12.5. The number of anilines is 2. The summed E-state index contributed by atoms with van der Waals surface area (Å²) in [6, 6.07) is 12.2. The lowest BCUT2D eigenvalue weighted by molar-refractivity contribution is -0.116. The van der Waals surface area contributed by atoms with E-state index in [0.29, 0.717) is 11.4 Å². The number of unbranched alkanes of at least 4 members (excludes halogenated alkanes) is 1. The molecule has 2 rings (SSSR count). The summed E-state index contributed by atoms with van der Waals surface area (Å²) in [4.78, 5) is 12.8. The minimum Gasteiger partial charge on any atom is -0.324 e. The van der Waals surface area contributed by atoms with Crippen LogP contribution in [0.3, 0.4) is 0 Å². The number of carbonyl (C=O) groups is 1. The highest BCUT2D eigenvalue weighted by Gasteiger charge is 2.29. The minimum absolute atomic E-state index is 0.370. The van der Waals surface area contributed by atoms with E-state index < -0.39 is 16.1 Å². The van der Waals surface area contributed by atoms with E-state index in [9.17, 15) is 13.2 Å². The Kier molecular flexibility index (Phi) is 7.24. The average Bonchev–Trinajstić information content (AvgIpc) is 2.63. The Morgan fingerprint density at radius 2 is 1.71 bits per heavy atom. The quantitative estimate of drug-likeness (QED) is 0.710. The number of benzene rings is 2. The van der Waals surface area contributed by atoms with Crippen LogP contribution in [-0.2, 0) is 21.2 Å². The molecule has 6 heteroatoms. The summed E-state index contributed by atoms with van der Waals surface area (Å²) in [5.74, 6) is -0.370. The second kappa shape index (κ2) is 9.24. The third-order valence-corrected chi connectivity index (χ3v) is 6.12. The molecule has 0 saturated heterocycles. The van der Waals surface area contributed by atoms with Crippen molar-refractivity contribution in [3.8, 4) is 0 Å². The second-order valence-corrected chi connectivity index (χ2v) is 9.15. The lowest BCUT2D eigenvalue weighted by Gasteiger charge is -2.28. The number of amides is 1. The third kappa shape index (κ3) is 5.58. The molecule has 5 nitrogen and oxygen atoms in total. The minimum atomic E-state index is -3.63. The van der Waals surface area contributed by atoms with Crippen LogP contribution in [0.2, 0.25) is 0 Å². The molecule has 0 aliphatic rings. The van der Waals surface area contributed by atoms with E-state index in [1.54, 1.807) is 19.1 Å². The van der Waals surface area contributed by atoms with Crippen LogP contribution in [0.4, 0.5) is 11.4 Å². The van der Waals surface area contributed by atoms with Crippen LogP contribution < -0.4 is 9.62 Å². The first kappa shape index (κ1) is 22.0. The van der Waals surface area contributed by atoms with Crippen LogP contribution in [0, 0.1) is 13.8 Å². The molecule has 0 fully saturated rings. The summed E-state index contributed by atoms with van der Waals surface area (Å²) < 4.78 is 26.0. The topological polar surface area (TPSA) is 66.5 Å². The van der Waals surface area contributed by atoms with Gasteiger partial charge in [0, 0.05) is 5.69 Å². The molecule has 0 bridgehead atoms. The summed E-state index contributed by atoms with van der Waals surface area (Å²) in [5, 5.41) is 2.83. The van der Waals surface area contributed by atoms with Gasteiger partial charge in [0.1, 0.15) is 6.04 Å². The van der Waals surface area contributed by atoms with Gasteiger partial charge in [0.15, 0.2) is 0 Å². The summed E-state index contributed by atoms with van der Waals surface area (Å²) in [6.45, 7) is 7.63. The first-order chi connectivity index (χ1) is 13.1. The Morgan fingerprint density at radius 1 is 1.07 bits per heavy atom. The number of hydrogen-bond acceptors (Lipinski definition) is 3. The zero-order chi connectivity index (χ0) is 20.9. The molecule has 152 valence electrons. The van der Waals surface area contributed by atoms with Crippen molar-refractivity contribution in [2.45, 2.75) is 53.0 Å². The third-order valence-electron chi connectivity index (χ3n) is 4.87. The molecule has 0 saturated carbocycles. The van der Waals surface area contributed by atoms with Gasteiger partial charge in [-0.1, -0.05) is 31.5 Å². The summed E-state index contributed by atoms with van der Waals surface area (Å²) in [7, 11) is -3.63. The van der Waals surface area contributed by atoms with Gasteiger partial charge in [-0.2, -0.15) is 0 Å². The zero-order valence-electron chi connectivity index (χ0n) is 17.3. The predicted molar refractivity (Wildman–Crippen MR) is 116 cm³/mol. The standard InChI is InChI=1S/C22H30N2O3S/c1-6-7-8-19-10-12-20(13-11-19)23-22(25)18(4)24(28(5,26)27)21-14-9-16(2)17(3)15-21/h9-15,18H,6-8H2,1-5H3,(H,23,25)/t18-/m0/s1. The number of nitrogens with one attached hydrogen (secondary N) is 1. The van der Waals surface area contributed by atoms with E-state index in [2.05, 4.69) is 12.2 Å². The lowest BCUT2D eigenvalue weighted by Crippen LogP contribution is -2.45. The molecule has 0 aliphatic heterocycles. The fourth-order valence-corrected chi connectivity index (χ4v) is 4.22. The van der Waals surface area contributed by atoms with E-state index in [1.807, 2.05) is 44.2 Å². The SMILES string of the molecule is CCCCc1ccc(NC(=O)[C@H](C)N(c2ccc(C)c(C)c2)S(C)(=O)=O)cc1. The molecular weight excluding hydrogens is 372 g/mol. The molecule has 1 atom stereocenters. The van der Waals surface area contributed by atoms with Crippen molar-refractivity contribution in [2.24, 2.45) is 0 Å². The zero-order valence-corrected chi connectivity index (χ0v) is 18.1. The Labute approximate surface area is 168 Å². The lowest BCUT2D eigenvalue weighted by atomic mass is 10.1. The van der Waals surface area contributed by atoms with Gasteiger partial charge in [-0.3, -0.25) is 9.10 Å². The number of aryl methyl sites for hydroxylation is 3. The van der Waals surface area contributed by atoms with Gasteiger partial charge in [-0.15, -0.1) is 0 Å². The van der Waals surface area contributed by atoms with E-state index in [-0.39, 0.29) is 5.91 Å². The van der Waals surface area contributed by atoms with Crippen LogP contribution >= 0.6 is 0 Å². The Bertz CT molecular complexity index is 921. The van der Waals surface area contributed by atoms with Gasteiger partial charge in [0.25, 0.3) is 0 Å². The van der Waals surface area contributed by atoms with Crippen molar-refractivity contribution in [2.75, 3.05) is 15.9 Å². The van der Waals surface area contributed by atoms with Crippen LogP contribution in [0.25, 0.3) is 0 Å². The second-order valence-electron chi connectivity index (χ2n) is 7.29. The molecule has 28 heavy (non-hydrogen) atoms. The number of carbonyl (C=O) groups excluding carboxylic acids is 1. The number of sulfonamides is 1. The van der Waals surface area contributed by atoms with Crippen molar-refractivity contribution in [3.63, 3.8) is 0 Å². The number of hydrogen-bond donors (Lipinski definition) is 1. The molecule has 0 unspecified atom stereocenters. The molecule has 2 aromatic carbocycles. The van der Waals surface area contributed by atoms with Gasteiger partial charge < -0.3 is 5.32 Å². The molecule has 1 N–H and O–H groups in total. The Balaban J connectivity index is 2.20. The van der Waals surface area contributed by atoms with Crippen molar-refractivity contribution in [3.05, 3.63) is 59.2 Å². The highest BCUT2D eigenvalue weighted by molar-refractivity contribution is 7.92. The van der Waals surface area contributed by atoms with Gasteiger partial charge in [-0.25, -0.2) is 8.42 Å². The van der Waals surface area contributed by atoms with Gasteiger partial charge in [0.2, 0.25) is 15.9 Å². The number of rotatable bonds is 8. The first-order valence-corrected chi connectivity index (χ1v) is 11.4. The average molecular weight is 403 g/mol. The van der Waals surface area contributed by atoms with E-state index in [0.717, 1.165) is 36.6 Å². The maximum Gasteiger partial charge on any atom is 0.247 e. The molecule has 2 aromatic rings. The Hall–Kier alpha value is -2.34. The monoisotopic (exact) mass is 402 g/mol.